The summed E-state index contributed by atoms with van der Waals surface area (Å²) in [5.74, 6) is -0.886. The SMILES string of the molecule is COc1ccc([C@H](Cc2c(Cl)c[n+]([O-])cc2Cl)OC(=O)c2cccc(S(=O)(=O)NC(C(=O)OC(C)(C)C)c3ccccc3)c2)cc1OC. The van der Waals surface area contributed by atoms with Crippen LogP contribution < -0.4 is 18.9 Å². The maximum absolute atomic E-state index is 13.6. The third-order valence-corrected chi connectivity index (χ3v) is 8.98. The van der Waals surface area contributed by atoms with Crippen LogP contribution in [-0.2, 0) is 30.7 Å². The van der Waals surface area contributed by atoms with Crippen molar-refractivity contribution in [2.75, 3.05) is 14.2 Å². The van der Waals surface area contributed by atoms with Crippen LogP contribution in [0.5, 0.6) is 11.5 Å². The van der Waals surface area contributed by atoms with Crippen molar-refractivity contribution in [3.63, 3.8) is 0 Å². The zero-order chi connectivity index (χ0) is 35.2. The number of methoxy groups -OCH3 is 2. The van der Waals surface area contributed by atoms with Gasteiger partial charge in [-0.25, -0.2) is 18.0 Å². The molecule has 1 aromatic heterocycles. The molecule has 1 unspecified atom stereocenters. The minimum Gasteiger partial charge on any atom is -0.619 e. The molecule has 0 spiro atoms. The van der Waals surface area contributed by atoms with Gasteiger partial charge < -0.3 is 24.2 Å². The van der Waals surface area contributed by atoms with Crippen molar-refractivity contribution in [3.05, 3.63) is 123 Å². The molecule has 0 radical (unpaired) electrons. The standard InChI is InChI=1S/C34H34Cl2N2O9S/c1-34(2,3)47-33(40)31(21-10-7-6-8-11-21)37-48(42,43)24-13-9-12-23(16-24)32(39)46-29(18-25-26(35)19-38(41)20-27(25)36)22-14-15-28(44-4)30(17-22)45-5/h6-17,19-20,29,31,37H,18H2,1-5H3/t29-,31?/m0/s1. The molecule has 0 fully saturated rings. The van der Waals surface area contributed by atoms with Crippen LogP contribution in [0.15, 0.2) is 90.1 Å². The average Bonchev–Trinajstić information content (AvgIpc) is 3.04. The van der Waals surface area contributed by atoms with E-state index in [2.05, 4.69) is 4.72 Å². The van der Waals surface area contributed by atoms with Crippen LogP contribution in [0.4, 0.5) is 0 Å². The number of halogens is 2. The zero-order valence-corrected chi connectivity index (χ0v) is 29.1. The third-order valence-electron chi connectivity index (χ3n) is 6.90. The molecule has 0 amide bonds. The van der Waals surface area contributed by atoms with E-state index in [0.29, 0.717) is 32.9 Å². The number of benzene rings is 3. The Morgan fingerprint density at radius 3 is 2.12 bits per heavy atom. The normalized spacial score (nSPS) is 12.9. The van der Waals surface area contributed by atoms with E-state index in [0.717, 1.165) is 18.5 Å². The summed E-state index contributed by atoms with van der Waals surface area (Å²) in [6.45, 7) is 5.02. The Morgan fingerprint density at radius 1 is 0.875 bits per heavy atom. The van der Waals surface area contributed by atoms with Crippen molar-refractivity contribution in [1.29, 1.82) is 0 Å². The Balaban J connectivity index is 1.67. The van der Waals surface area contributed by atoms with Gasteiger partial charge in [0.25, 0.3) is 0 Å². The van der Waals surface area contributed by atoms with E-state index in [1.54, 1.807) is 69.3 Å². The quantitative estimate of drug-likeness (QED) is 0.104. The van der Waals surface area contributed by atoms with Gasteiger partial charge in [-0.1, -0.05) is 65.7 Å². The first-order valence-electron chi connectivity index (χ1n) is 14.5. The van der Waals surface area contributed by atoms with Crippen LogP contribution in [0.1, 0.15) is 60.0 Å². The van der Waals surface area contributed by atoms with Crippen molar-refractivity contribution in [1.82, 2.24) is 4.72 Å². The van der Waals surface area contributed by atoms with Crippen LogP contribution in [0.2, 0.25) is 10.0 Å². The van der Waals surface area contributed by atoms with Crippen LogP contribution in [0.25, 0.3) is 0 Å². The molecular formula is C34H34Cl2N2O9S. The molecule has 4 aromatic rings. The second-order valence-electron chi connectivity index (χ2n) is 11.5. The molecular weight excluding hydrogens is 683 g/mol. The number of aromatic nitrogens is 1. The topological polar surface area (TPSA) is 144 Å². The number of pyridine rings is 1. The molecule has 48 heavy (non-hydrogen) atoms. The Labute approximate surface area is 288 Å². The largest absolute Gasteiger partial charge is 0.619 e. The molecule has 1 heterocycles. The first-order chi connectivity index (χ1) is 22.6. The number of nitrogens with zero attached hydrogens (tertiary/aromatic N) is 1. The third kappa shape index (κ3) is 9.16. The molecule has 1 N–H and O–H groups in total. The summed E-state index contributed by atoms with van der Waals surface area (Å²) in [5, 5.41) is 12.0. The lowest BCUT2D eigenvalue weighted by Gasteiger charge is -2.25. The maximum Gasteiger partial charge on any atom is 0.338 e. The highest BCUT2D eigenvalue weighted by Gasteiger charge is 2.32. The van der Waals surface area contributed by atoms with Crippen molar-refractivity contribution < 1.29 is 41.7 Å². The van der Waals surface area contributed by atoms with E-state index in [4.69, 9.17) is 42.1 Å². The Kier molecular flexibility index (Phi) is 11.6. The van der Waals surface area contributed by atoms with Gasteiger partial charge >= 0.3 is 11.9 Å². The summed E-state index contributed by atoms with van der Waals surface area (Å²) in [5.41, 5.74) is 0.200. The molecule has 11 nitrogen and oxygen atoms in total. The number of hydrogen-bond acceptors (Lipinski definition) is 9. The molecule has 0 bridgehead atoms. The Morgan fingerprint density at radius 2 is 1.52 bits per heavy atom. The van der Waals surface area contributed by atoms with Gasteiger partial charge in [-0.15, -0.1) is 0 Å². The number of ether oxygens (including phenoxy) is 4. The van der Waals surface area contributed by atoms with Gasteiger partial charge in [0.2, 0.25) is 10.0 Å². The van der Waals surface area contributed by atoms with E-state index in [9.17, 15) is 23.2 Å². The lowest BCUT2D eigenvalue weighted by molar-refractivity contribution is -0.605. The summed E-state index contributed by atoms with van der Waals surface area (Å²) < 4.78 is 52.3. The predicted molar refractivity (Wildman–Crippen MR) is 179 cm³/mol. The number of rotatable bonds is 12. The van der Waals surface area contributed by atoms with Crippen LogP contribution in [0, 0.1) is 5.21 Å². The van der Waals surface area contributed by atoms with E-state index >= 15 is 0 Å². The number of esters is 2. The molecule has 3 aromatic carbocycles. The summed E-state index contributed by atoms with van der Waals surface area (Å²) in [4.78, 5) is 26.5. The fourth-order valence-corrected chi connectivity index (χ4v) is 6.48. The second kappa shape index (κ2) is 15.2. The zero-order valence-electron chi connectivity index (χ0n) is 26.7. The summed E-state index contributed by atoms with van der Waals surface area (Å²) in [7, 11) is -1.46. The molecule has 0 saturated heterocycles. The summed E-state index contributed by atoms with van der Waals surface area (Å²) in [6.07, 6.45) is 1.17. The van der Waals surface area contributed by atoms with Gasteiger partial charge in [-0.05, 0) is 62.2 Å². The molecule has 0 saturated carbocycles. The average molecular weight is 718 g/mol. The van der Waals surface area contributed by atoms with Crippen molar-refractivity contribution in [2.24, 2.45) is 0 Å². The lowest BCUT2D eigenvalue weighted by Crippen LogP contribution is -2.38. The van der Waals surface area contributed by atoms with Gasteiger partial charge in [-0.3, -0.25) is 0 Å². The highest BCUT2D eigenvalue weighted by molar-refractivity contribution is 7.89. The maximum atomic E-state index is 13.6. The Bertz CT molecular complexity index is 1880. The van der Waals surface area contributed by atoms with Crippen LogP contribution in [0.3, 0.4) is 0 Å². The van der Waals surface area contributed by atoms with Gasteiger partial charge in [0.05, 0.1) is 24.7 Å². The highest BCUT2D eigenvalue weighted by Crippen LogP contribution is 2.35. The van der Waals surface area contributed by atoms with E-state index in [1.165, 1.54) is 32.4 Å². The van der Waals surface area contributed by atoms with E-state index < -0.39 is 39.7 Å². The molecule has 14 heteroatoms. The second-order valence-corrected chi connectivity index (χ2v) is 14.1. The van der Waals surface area contributed by atoms with Crippen molar-refractivity contribution >= 4 is 45.2 Å². The highest BCUT2D eigenvalue weighted by atomic mass is 35.5. The van der Waals surface area contributed by atoms with Crippen LogP contribution in [-0.4, -0.2) is 40.2 Å². The number of carbonyl (C=O) groups excluding carboxylic acids is 2. The molecule has 0 aliphatic rings. The minimum atomic E-state index is -4.38. The lowest BCUT2D eigenvalue weighted by atomic mass is 10.0. The molecule has 0 aliphatic carbocycles. The van der Waals surface area contributed by atoms with E-state index in [1.807, 2.05) is 0 Å². The van der Waals surface area contributed by atoms with Gasteiger partial charge in [0.1, 0.15) is 27.8 Å². The van der Waals surface area contributed by atoms with Crippen LogP contribution >= 0.6 is 23.2 Å². The fourth-order valence-electron chi connectivity index (χ4n) is 4.66. The number of carbonyl (C=O) groups is 2. The number of sulfonamides is 1. The molecule has 2 atom stereocenters. The first kappa shape index (κ1) is 36.5. The number of nitrogens with one attached hydrogen (secondary N) is 1. The van der Waals surface area contributed by atoms with E-state index in [-0.39, 0.29) is 26.9 Å². The van der Waals surface area contributed by atoms with Gasteiger partial charge in [0, 0.05) is 12.0 Å². The smallest absolute Gasteiger partial charge is 0.338 e. The van der Waals surface area contributed by atoms with Gasteiger partial charge in [0.15, 0.2) is 23.9 Å². The summed E-state index contributed by atoms with van der Waals surface area (Å²) in [6, 6.07) is 17.0. The molecule has 4 rings (SSSR count). The summed E-state index contributed by atoms with van der Waals surface area (Å²) >= 11 is 12.7. The Hall–Kier alpha value is -4.36. The first-order valence-corrected chi connectivity index (χ1v) is 16.8. The molecule has 254 valence electrons. The minimum absolute atomic E-state index is 0.0477. The fraction of sp³-hybridized carbons (Fsp3) is 0.265. The van der Waals surface area contributed by atoms with Crippen molar-refractivity contribution in [3.8, 4) is 11.5 Å². The molecule has 0 aliphatic heterocycles. The predicted octanol–water partition coefficient (Wildman–Crippen LogP) is 6.15. The van der Waals surface area contributed by atoms with Crippen molar-refractivity contribution in [2.45, 2.75) is 49.8 Å². The van der Waals surface area contributed by atoms with Gasteiger partial charge in [-0.2, -0.15) is 9.45 Å². The monoisotopic (exact) mass is 716 g/mol. The number of hydrogen-bond donors (Lipinski definition) is 1.